The maximum absolute atomic E-state index is 14.0. The van der Waals surface area contributed by atoms with Gasteiger partial charge in [-0.05, 0) is 48.1 Å². The van der Waals surface area contributed by atoms with Gasteiger partial charge in [-0.1, -0.05) is 61.9 Å². The number of tetrazole rings is 1. The summed E-state index contributed by atoms with van der Waals surface area (Å²) < 4.78 is 21.1. The smallest absolute Gasteiger partial charge is 0.264 e. The second kappa shape index (κ2) is 14.7. The van der Waals surface area contributed by atoms with Crippen LogP contribution in [-0.2, 0) is 23.8 Å². The maximum atomic E-state index is 14.0. The Hall–Kier alpha value is -4.62. The van der Waals surface area contributed by atoms with E-state index in [1.54, 1.807) is 25.6 Å². The van der Waals surface area contributed by atoms with Gasteiger partial charge < -0.3 is 4.74 Å². The van der Waals surface area contributed by atoms with E-state index in [0.717, 1.165) is 40.8 Å². The molecule has 44 heavy (non-hydrogen) atoms. The molecule has 0 fully saturated rings. The van der Waals surface area contributed by atoms with Crippen molar-refractivity contribution in [3.8, 4) is 34.2 Å². The van der Waals surface area contributed by atoms with E-state index in [-0.39, 0.29) is 11.5 Å². The number of rotatable bonds is 14. The second-order valence-corrected chi connectivity index (χ2v) is 11.4. The lowest BCUT2D eigenvalue weighted by Gasteiger charge is -2.15. The lowest BCUT2D eigenvalue weighted by molar-refractivity contribution is 0.309. The number of aromatic nitrogens is 8. The summed E-state index contributed by atoms with van der Waals surface area (Å²) in [6, 6.07) is 16.1. The SMILES string of the molecule is CCCCc1nc(C)n(-c2ncc(OCCCNS(C)=O)cn2)c(=O)c1Cc1ccc(-c2ccccc2-c2nn[nH]n2)cc1. The molecule has 0 aliphatic carbocycles. The minimum atomic E-state index is -1.05. The van der Waals surface area contributed by atoms with Gasteiger partial charge in [-0.15, -0.1) is 10.2 Å². The van der Waals surface area contributed by atoms with Crippen LogP contribution >= 0.6 is 0 Å². The Bertz CT molecular complexity index is 1760. The van der Waals surface area contributed by atoms with Crippen LogP contribution in [0.15, 0.2) is 65.7 Å². The topological polar surface area (TPSA) is 153 Å². The molecule has 1 unspecified atom stereocenters. The molecule has 0 radical (unpaired) electrons. The highest BCUT2D eigenvalue weighted by Gasteiger charge is 2.18. The van der Waals surface area contributed by atoms with E-state index in [2.05, 4.69) is 42.2 Å². The van der Waals surface area contributed by atoms with Gasteiger partial charge in [-0.2, -0.15) is 5.21 Å². The summed E-state index contributed by atoms with van der Waals surface area (Å²) >= 11 is 0. The van der Waals surface area contributed by atoms with Crippen molar-refractivity contribution in [3.05, 3.63) is 93.9 Å². The normalized spacial score (nSPS) is 11.9. The number of aryl methyl sites for hydroxylation is 2. The third kappa shape index (κ3) is 7.47. The molecule has 5 rings (SSSR count). The van der Waals surface area contributed by atoms with E-state index < -0.39 is 11.0 Å². The van der Waals surface area contributed by atoms with Crippen LogP contribution in [0.2, 0.25) is 0 Å². The fourth-order valence-corrected chi connectivity index (χ4v) is 5.30. The van der Waals surface area contributed by atoms with Crippen LogP contribution in [-0.4, -0.2) is 63.8 Å². The Balaban J connectivity index is 1.39. The summed E-state index contributed by atoms with van der Waals surface area (Å²) in [7, 11) is -1.05. The molecular weight excluding hydrogens is 578 g/mol. The summed E-state index contributed by atoms with van der Waals surface area (Å²) in [6.45, 7) is 4.92. The Kier molecular flexibility index (Phi) is 10.3. The summed E-state index contributed by atoms with van der Waals surface area (Å²) in [4.78, 5) is 27.7. The molecule has 0 saturated carbocycles. The molecule has 2 aromatic carbocycles. The van der Waals surface area contributed by atoms with Gasteiger partial charge >= 0.3 is 0 Å². The number of nitrogens with one attached hydrogen (secondary N) is 2. The Labute approximate surface area is 258 Å². The number of benzene rings is 2. The number of nitrogens with zero attached hydrogens (tertiary/aromatic N) is 7. The van der Waals surface area contributed by atoms with Gasteiger partial charge in [0.1, 0.15) is 5.82 Å². The summed E-state index contributed by atoms with van der Waals surface area (Å²) in [6.07, 6.45) is 8.44. The van der Waals surface area contributed by atoms with Gasteiger partial charge in [0.2, 0.25) is 11.8 Å². The van der Waals surface area contributed by atoms with Crippen molar-refractivity contribution in [3.63, 3.8) is 0 Å². The minimum Gasteiger partial charge on any atom is -0.490 e. The number of unbranched alkanes of at least 4 members (excludes halogenated alkanes) is 1. The van der Waals surface area contributed by atoms with Crippen molar-refractivity contribution in [2.75, 3.05) is 19.4 Å². The predicted molar refractivity (Wildman–Crippen MR) is 169 cm³/mol. The van der Waals surface area contributed by atoms with Gasteiger partial charge in [0.25, 0.3) is 5.56 Å². The first-order chi connectivity index (χ1) is 21.4. The van der Waals surface area contributed by atoms with E-state index in [1.165, 1.54) is 4.57 Å². The molecule has 0 aliphatic heterocycles. The Morgan fingerprint density at radius 2 is 1.77 bits per heavy atom. The van der Waals surface area contributed by atoms with Crippen LogP contribution in [0.5, 0.6) is 5.75 Å². The molecule has 13 heteroatoms. The number of H-pyrrole nitrogens is 1. The average Bonchev–Trinajstić information content (AvgIpc) is 3.57. The van der Waals surface area contributed by atoms with Gasteiger partial charge in [0.15, 0.2) is 5.75 Å². The summed E-state index contributed by atoms with van der Waals surface area (Å²) in [5, 5.41) is 14.5. The van der Waals surface area contributed by atoms with E-state index in [0.29, 0.717) is 55.4 Å². The van der Waals surface area contributed by atoms with Crippen molar-refractivity contribution in [2.45, 2.75) is 46.0 Å². The quantitative estimate of drug-likeness (QED) is 0.178. The van der Waals surface area contributed by atoms with E-state index in [9.17, 15) is 9.00 Å². The molecule has 0 aliphatic rings. The van der Waals surface area contributed by atoms with Crippen molar-refractivity contribution >= 4 is 11.0 Å². The zero-order valence-corrected chi connectivity index (χ0v) is 25.8. The highest BCUT2D eigenvalue weighted by molar-refractivity contribution is 7.82. The van der Waals surface area contributed by atoms with E-state index in [4.69, 9.17) is 9.72 Å². The summed E-state index contributed by atoms with van der Waals surface area (Å²) in [5.74, 6) is 1.80. The molecule has 5 aromatic rings. The molecule has 1 atom stereocenters. The largest absolute Gasteiger partial charge is 0.490 e. The van der Waals surface area contributed by atoms with Crippen molar-refractivity contribution in [1.82, 2.24) is 44.9 Å². The van der Waals surface area contributed by atoms with Crippen LogP contribution in [0, 0.1) is 6.92 Å². The monoisotopic (exact) mass is 613 g/mol. The third-order valence-corrected chi connectivity index (χ3v) is 7.68. The van der Waals surface area contributed by atoms with Crippen LogP contribution in [0.4, 0.5) is 0 Å². The minimum absolute atomic E-state index is 0.178. The number of ether oxygens (including phenoxy) is 1. The highest BCUT2D eigenvalue weighted by Crippen LogP contribution is 2.30. The molecule has 228 valence electrons. The van der Waals surface area contributed by atoms with Crippen molar-refractivity contribution < 1.29 is 8.95 Å². The first-order valence-electron chi connectivity index (χ1n) is 14.5. The van der Waals surface area contributed by atoms with Gasteiger partial charge in [0.05, 0.1) is 35.7 Å². The van der Waals surface area contributed by atoms with Crippen molar-refractivity contribution in [1.29, 1.82) is 0 Å². The molecule has 3 heterocycles. The lowest BCUT2D eigenvalue weighted by Crippen LogP contribution is -2.29. The second-order valence-electron chi connectivity index (χ2n) is 10.3. The lowest BCUT2D eigenvalue weighted by atomic mass is 9.96. The zero-order valence-electron chi connectivity index (χ0n) is 25.0. The zero-order chi connectivity index (χ0) is 30.9. The molecule has 12 nitrogen and oxygen atoms in total. The molecule has 0 spiro atoms. The number of aromatic amines is 1. The Morgan fingerprint density at radius 3 is 2.45 bits per heavy atom. The maximum Gasteiger partial charge on any atom is 0.264 e. The van der Waals surface area contributed by atoms with Gasteiger partial charge in [-0.25, -0.2) is 28.5 Å². The Morgan fingerprint density at radius 1 is 1.02 bits per heavy atom. The predicted octanol–water partition coefficient (Wildman–Crippen LogP) is 3.76. The summed E-state index contributed by atoms with van der Waals surface area (Å²) in [5.41, 5.74) is 5.12. The molecular formula is C31H35N9O3S. The standard InChI is InChI=1S/C31H35N9O3S/c1-4-5-11-28-27(18-22-12-14-23(15-13-22)25-9-6-7-10-26(25)29-36-38-39-37-29)30(41)40(21(2)35-28)31-32-19-24(20-33-31)43-17-8-16-34-44(3)42/h6-7,9-10,12-15,19-20,34H,4-5,8,11,16-18H2,1-3H3,(H,36,37,38,39). The van der Waals surface area contributed by atoms with Crippen LogP contribution in [0.25, 0.3) is 28.5 Å². The van der Waals surface area contributed by atoms with Crippen LogP contribution < -0.4 is 15.0 Å². The van der Waals surface area contributed by atoms with Crippen molar-refractivity contribution in [2.24, 2.45) is 0 Å². The first-order valence-corrected chi connectivity index (χ1v) is 16.1. The fourth-order valence-electron chi connectivity index (χ4n) is 4.87. The van der Waals surface area contributed by atoms with Gasteiger partial charge in [0, 0.05) is 30.3 Å². The molecule has 0 bridgehead atoms. The highest BCUT2D eigenvalue weighted by atomic mass is 32.2. The number of hydrogen-bond acceptors (Lipinski definition) is 9. The van der Waals surface area contributed by atoms with Gasteiger partial charge in [-0.3, -0.25) is 4.79 Å². The van der Waals surface area contributed by atoms with Crippen LogP contribution in [0.3, 0.4) is 0 Å². The molecule has 3 aromatic heterocycles. The average molecular weight is 614 g/mol. The fraction of sp³-hybridized carbons (Fsp3) is 0.323. The van der Waals surface area contributed by atoms with E-state index in [1.807, 2.05) is 48.5 Å². The number of hydrogen-bond donors (Lipinski definition) is 2. The molecule has 0 amide bonds. The van der Waals surface area contributed by atoms with Crippen LogP contribution in [0.1, 0.15) is 48.8 Å². The van der Waals surface area contributed by atoms with E-state index >= 15 is 0 Å². The molecule has 0 saturated heterocycles. The first kappa shape index (κ1) is 30.8. The third-order valence-electron chi connectivity index (χ3n) is 7.07. The molecule has 2 N–H and O–H groups in total.